The molecule has 0 saturated carbocycles. The van der Waals surface area contributed by atoms with Crippen molar-refractivity contribution in [3.05, 3.63) is 127 Å². The molecule has 0 bridgehead atoms. The molecule has 0 aliphatic rings. The van der Waals surface area contributed by atoms with Gasteiger partial charge >= 0.3 is 0 Å². The Morgan fingerprint density at radius 3 is 0.909 bits per heavy atom. The van der Waals surface area contributed by atoms with Gasteiger partial charge in [0.2, 0.25) is 0 Å². The van der Waals surface area contributed by atoms with E-state index in [1.54, 1.807) is 0 Å². The van der Waals surface area contributed by atoms with E-state index in [0.717, 1.165) is 116 Å². The van der Waals surface area contributed by atoms with Gasteiger partial charge in [-0.05, 0) is 139 Å². The van der Waals surface area contributed by atoms with Gasteiger partial charge in [0.15, 0.2) is 17.5 Å². The number of ether oxygens (including phenoxy) is 3. The molecule has 0 aliphatic carbocycles. The molecule has 0 spiro atoms. The number of hydrogen-bond acceptors (Lipinski definition) is 9. The zero-order valence-electron chi connectivity index (χ0n) is 41.6. The second-order valence-corrected chi connectivity index (χ2v) is 17.6. The number of benzene rings is 3. The van der Waals surface area contributed by atoms with E-state index in [-0.39, 0.29) is 0 Å². The van der Waals surface area contributed by atoms with Crippen LogP contribution in [-0.2, 0) is 19.3 Å². The maximum absolute atomic E-state index is 5.78. The first-order valence-electron chi connectivity index (χ1n) is 24.8. The summed E-state index contributed by atoms with van der Waals surface area (Å²) in [4.78, 5) is 26.8. The highest BCUT2D eigenvalue weighted by Gasteiger charge is 2.08. The Labute approximate surface area is 397 Å². The predicted octanol–water partition coefficient (Wildman–Crippen LogP) is 14.7. The molecule has 6 aromatic rings. The molecule has 0 N–H and O–H groups in total. The standard InChI is InChI=1S/C20H28N2O.C19H26N2O.C18H24N2O/c1-4-6-7-8-17-13-21-20(22-14-17)18-9-11-19(12-10-18)23-15-16(3)5-2;1-4-6-7-16-12-20-19(21-13-16)17-8-10-18(11-9-17)22-14-15(3)5-2;1-4-6-15-11-19-18(20-12-15)16-7-9-17(10-8-16)21-13-14(3)5-2/h9-14,16H,4-8,15H2,1-3H3;8-13,15H,4-7,14H2,1-3H3;7-12,14H,4-6,13H2,1-3H3. The topological polar surface area (TPSA) is 105 Å². The van der Waals surface area contributed by atoms with Crippen LogP contribution in [0.15, 0.2) is 110 Å². The van der Waals surface area contributed by atoms with Gasteiger partial charge < -0.3 is 14.2 Å². The van der Waals surface area contributed by atoms with E-state index >= 15 is 0 Å². The van der Waals surface area contributed by atoms with Crippen molar-refractivity contribution >= 4 is 0 Å². The fourth-order valence-corrected chi connectivity index (χ4v) is 6.32. The largest absolute Gasteiger partial charge is 0.493 e. The van der Waals surface area contributed by atoms with Crippen molar-refractivity contribution in [1.82, 2.24) is 29.9 Å². The Kier molecular flexibility index (Phi) is 24.5. The lowest BCUT2D eigenvalue weighted by Crippen LogP contribution is -2.07. The molecule has 66 heavy (non-hydrogen) atoms. The quantitative estimate of drug-likeness (QED) is 0.0549. The summed E-state index contributed by atoms with van der Waals surface area (Å²) in [7, 11) is 0. The second kappa shape index (κ2) is 30.5. The van der Waals surface area contributed by atoms with Gasteiger partial charge in [-0.2, -0.15) is 0 Å². The third kappa shape index (κ3) is 19.4. The molecule has 3 heterocycles. The van der Waals surface area contributed by atoms with Gasteiger partial charge in [0.1, 0.15) is 17.2 Å². The van der Waals surface area contributed by atoms with Gasteiger partial charge in [-0.3, -0.25) is 0 Å². The van der Waals surface area contributed by atoms with Crippen LogP contribution in [0, 0.1) is 17.8 Å². The maximum atomic E-state index is 5.78. The normalized spacial score (nSPS) is 12.1. The summed E-state index contributed by atoms with van der Waals surface area (Å²) >= 11 is 0. The van der Waals surface area contributed by atoms with Crippen molar-refractivity contribution in [2.45, 2.75) is 139 Å². The van der Waals surface area contributed by atoms with Crippen LogP contribution >= 0.6 is 0 Å². The highest BCUT2D eigenvalue weighted by Crippen LogP contribution is 2.23. The first-order valence-corrected chi connectivity index (χ1v) is 24.8. The third-order valence-electron chi connectivity index (χ3n) is 11.6. The molecule has 0 saturated heterocycles. The average molecular weight is 895 g/mol. The van der Waals surface area contributed by atoms with E-state index in [2.05, 4.69) is 92.2 Å². The molecule has 0 radical (unpaired) electrons. The minimum Gasteiger partial charge on any atom is -0.493 e. The van der Waals surface area contributed by atoms with Crippen molar-refractivity contribution in [3.8, 4) is 51.4 Å². The predicted molar refractivity (Wildman–Crippen MR) is 273 cm³/mol. The molecule has 0 fully saturated rings. The Hall–Kier alpha value is -5.70. The van der Waals surface area contributed by atoms with Crippen LogP contribution in [0.4, 0.5) is 0 Å². The van der Waals surface area contributed by atoms with Crippen LogP contribution in [0.25, 0.3) is 34.2 Å². The Morgan fingerprint density at radius 1 is 0.348 bits per heavy atom. The number of aromatic nitrogens is 6. The van der Waals surface area contributed by atoms with Gasteiger partial charge in [0.25, 0.3) is 0 Å². The van der Waals surface area contributed by atoms with E-state index in [4.69, 9.17) is 14.2 Å². The summed E-state index contributed by atoms with van der Waals surface area (Å²) in [6.45, 7) is 22.0. The molecule has 3 aromatic carbocycles. The highest BCUT2D eigenvalue weighted by molar-refractivity contribution is 5.57. The number of hydrogen-bond donors (Lipinski definition) is 0. The summed E-state index contributed by atoms with van der Waals surface area (Å²) < 4.78 is 17.3. The van der Waals surface area contributed by atoms with Gasteiger partial charge in [-0.1, -0.05) is 107 Å². The zero-order valence-corrected chi connectivity index (χ0v) is 41.6. The number of aryl methyl sites for hydroxylation is 3. The van der Waals surface area contributed by atoms with Crippen LogP contribution < -0.4 is 14.2 Å². The molecule has 9 heteroatoms. The van der Waals surface area contributed by atoms with Crippen LogP contribution in [0.1, 0.15) is 137 Å². The number of unbranched alkanes of at least 4 members (excludes halogenated alkanes) is 3. The van der Waals surface area contributed by atoms with Gasteiger partial charge in [-0.25, -0.2) is 29.9 Å². The second-order valence-electron chi connectivity index (χ2n) is 17.6. The van der Waals surface area contributed by atoms with Crippen molar-refractivity contribution in [3.63, 3.8) is 0 Å². The lowest BCUT2D eigenvalue weighted by Gasteiger charge is -2.11. The third-order valence-corrected chi connectivity index (χ3v) is 11.6. The number of rotatable bonds is 24. The monoisotopic (exact) mass is 895 g/mol. The number of nitrogens with zero attached hydrogens (tertiary/aromatic N) is 6. The summed E-state index contributed by atoms with van der Waals surface area (Å²) in [5.74, 6) is 6.78. The van der Waals surface area contributed by atoms with Crippen LogP contribution in [0.3, 0.4) is 0 Å². The minimum atomic E-state index is 0.582. The fourth-order valence-electron chi connectivity index (χ4n) is 6.32. The molecule has 0 amide bonds. The van der Waals surface area contributed by atoms with Gasteiger partial charge in [0, 0.05) is 53.9 Å². The summed E-state index contributed by atoms with van der Waals surface area (Å²) in [5.41, 5.74) is 6.69. The highest BCUT2D eigenvalue weighted by atomic mass is 16.5. The summed E-state index contributed by atoms with van der Waals surface area (Å²) in [5, 5.41) is 0. The molecule has 0 aliphatic heterocycles. The molecule has 3 atom stereocenters. The van der Waals surface area contributed by atoms with E-state index < -0.39 is 0 Å². The molecule has 354 valence electrons. The van der Waals surface area contributed by atoms with Gasteiger partial charge in [-0.15, -0.1) is 0 Å². The SMILES string of the molecule is CCCCCc1cnc(-c2ccc(OCC(C)CC)cc2)nc1.CCCCc1cnc(-c2ccc(OCC(C)CC)cc2)nc1.CCCc1cnc(-c2ccc(OCC(C)CC)cc2)nc1. The first-order chi connectivity index (χ1) is 32.2. The molecule has 6 rings (SSSR count). The molecular weight excluding hydrogens is 817 g/mol. The Morgan fingerprint density at radius 2 is 0.636 bits per heavy atom. The minimum absolute atomic E-state index is 0.582. The summed E-state index contributed by atoms with van der Waals surface area (Å²) in [6, 6.07) is 24.1. The van der Waals surface area contributed by atoms with Crippen molar-refractivity contribution < 1.29 is 14.2 Å². The maximum Gasteiger partial charge on any atom is 0.159 e. The summed E-state index contributed by atoms with van der Waals surface area (Å²) in [6.07, 6.45) is 25.4. The van der Waals surface area contributed by atoms with Crippen molar-refractivity contribution in [2.75, 3.05) is 19.8 Å². The smallest absolute Gasteiger partial charge is 0.159 e. The zero-order chi connectivity index (χ0) is 47.4. The molecule has 3 aromatic heterocycles. The van der Waals surface area contributed by atoms with Gasteiger partial charge in [0.05, 0.1) is 19.8 Å². The first kappa shape index (κ1) is 52.9. The fraction of sp³-hybridized carbons (Fsp3) is 0.474. The van der Waals surface area contributed by atoms with Crippen LogP contribution in [0.2, 0.25) is 0 Å². The van der Waals surface area contributed by atoms with Crippen molar-refractivity contribution in [1.29, 1.82) is 0 Å². The van der Waals surface area contributed by atoms with E-state index in [9.17, 15) is 0 Å². The van der Waals surface area contributed by atoms with Crippen molar-refractivity contribution in [2.24, 2.45) is 17.8 Å². The molecule has 3 unspecified atom stereocenters. The molecule has 9 nitrogen and oxygen atoms in total. The Bertz CT molecular complexity index is 2150. The average Bonchev–Trinajstić information content (AvgIpc) is 3.37. The van der Waals surface area contributed by atoms with Crippen LogP contribution in [0.5, 0.6) is 17.2 Å². The van der Waals surface area contributed by atoms with Crippen LogP contribution in [-0.4, -0.2) is 49.7 Å². The lowest BCUT2D eigenvalue weighted by molar-refractivity contribution is 0.256. The van der Waals surface area contributed by atoms with E-state index in [1.165, 1.54) is 48.8 Å². The Balaban J connectivity index is 0.000000217. The lowest BCUT2D eigenvalue weighted by atomic mass is 10.1. The molecular formula is C57H78N6O3. The van der Waals surface area contributed by atoms with E-state index in [0.29, 0.717) is 17.8 Å². The van der Waals surface area contributed by atoms with E-state index in [1.807, 2.05) is 110 Å².